The van der Waals surface area contributed by atoms with Crippen LogP contribution >= 0.6 is 12.2 Å². The molecule has 20 heavy (non-hydrogen) atoms. The van der Waals surface area contributed by atoms with Gasteiger partial charge in [-0.15, -0.1) is 0 Å². The summed E-state index contributed by atoms with van der Waals surface area (Å²) in [5, 5.41) is 11.8. The van der Waals surface area contributed by atoms with Crippen LogP contribution in [0.5, 0.6) is 0 Å². The van der Waals surface area contributed by atoms with Crippen LogP contribution in [-0.2, 0) is 0 Å². The molecule has 3 rings (SSSR count). The van der Waals surface area contributed by atoms with Gasteiger partial charge in [-0.25, -0.2) is 14.6 Å². The Hall–Kier alpha value is -2.78. The average molecular weight is 279 g/mol. The van der Waals surface area contributed by atoms with Gasteiger partial charge in [0.2, 0.25) is 0 Å². The molecule has 3 aromatic rings. The first-order valence-corrected chi connectivity index (χ1v) is 6.29. The van der Waals surface area contributed by atoms with E-state index in [1.54, 1.807) is 29.3 Å². The van der Waals surface area contributed by atoms with Crippen molar-refractivity contribution in [2.75, 3.05) is 0 Å². The number of hydrogen-bond donors (Lipinski definition) is 1. The van der Waals surface area contributed by atoms with E-state index in [0.29, 0.717) is 10.3 Å². The van der Waals surface area contributed by atoms with Crippen molar-refractivity contribution in [2.45, 2.75) is 0 Å². The van der Waals surface area contributed by atoms with Gasteiger partial charge in [0, 0.05) is 29.7 Å². The number of rotatable bonds is 2. The molecule has 6 heteroatoms. The van der Waals surface area contributed by atoms with E-state index < -0.39 is 0 Å². The molecule has 0 saturated heterocycles. The highest BCUT2D eigenvalue weighted by Gasteiger charge is 2.07. The second kappa shape index (κ2) is 5.07. The molecule has 0 aromatic carbocycles. The zero-order valence-electron chi connectivity index (χ0n) is 10.3. The predicted octanol–water partition coefficient (Wildman–Crippen LogP) is 2.86. The highest BCUT2D eigenvalue weighted by atomic mass is 32.1. The lowest BCUT2D eigenvalue weighted by molar-refractivity contribution is 0.837. The summed E-state index contributed by atoms with van der Waals surface area (Å²) in [6.45, 7) is 0. The summed E-state index contributed by atoms with van der Waals surface area (Å²) in [5.41, 5.74) is 2.09. The fourth-order valence-electron chi connectivity index (χ4n) is 1.85. The molecule has 0 fully saturated rings. The van der Waals surface area contributed by atoms with Crippen molar-refractivity contribution in [2.24, 2.45) is 0 Å². The molecule has 96 valence electrons. The van der Waals surface area contributed by atoms with E-state index in [4.69, 9.17) is 17.5 Å². The van der Waals surface area contributed by atoms with Crippen LogP contribution in [0, 0.1) is 16.0 Å². The highest BCUT2D eigenvalue weighted by Crippen LogP contribution is 2.21. The molecule has 0 bridgehead atoms. The summed E-state index contributed by atoms with van der Waals surface area (Å²) in [5.74, 6) is 0.727. The summed E-state index contributed by atoms with van der Waals surface area (Å²) in [4.78, 5) is 8.30. The van der Waals surface area contributed by atoms with Crippen molar-refractivity contribution in [1.82, 2.24) is 19.7 Å². The van der Waals surface area contributed by atoms with Crippen LogP contribution in [0.25, 0.3) is 16.9 Å². The Bertz CT molecular complexity index is 824. The van der Waals surface area contributed by atoms with E-state index in [2.05, 4.69) is 15.1 Å². The second-order valence-electron chi connectivity index (χ2n) is 4.06. The zero-order valence-corrected chi connectivity index (χ0v) is 11.1. The van der Waals surface area contributed by atoms with Gasteiger partial charge in [0.1, 0.15) is 16.4 Å². The summed E-state index contributed by atoms with van der Waals surface area (Å²) < 4.78 is 2.35. The molecule has 5 nitrogen and oxygen atoms in total. The summed E-state index contributed by atoms with van der Waals surface area (Å²) in [6.07, 6.45) is 5.15. The maximum atomic E-state index is 8.75. The lowest BCUT2D eigenvalue weighted by atomic mass is 10.1. The fraction of sp³-hybridized carbons (Fsp3) is 0. The Morgan fingerprint density at radius 3 is 2.75 bits per heavy atom. The second-order valence-corrected chi connectivity index (χ2v) is 4.45. The largest absolute Gasteiger partial charge is 0.298 e. The van der Waals surface area contributed by atoms with Crippen molar-refractivity contribution in [3.8, 4) is 23.0 Å². The normalized spacial score (nSPS) is 10.2. The number of nitriles is 1. The Morgan fingerprint density at radius 2 is 2.10 bits per heavy atom. The van der Waals surface area contributed by atoms with Gasteiger partial charge in [-0.2, -0.15) is 5.26 Å². The number of aromatic nitrogens is 4. The van der Waals surface area contributed by atoms with Crippen molar-refractivity contribution in [3.63, 3.8) is 0 Å². The molecule has 0 unspecified atom stereocenters. The van der Waals surface area contributed by atoms with Crippen LogP contribution in [0.2, 0.25) is 0 Å². The lowest BCUT2D eigenvalue weighted by Crippen LogP contribution is -1.98. The molecule has 0 radical (unpaired) electrons. The molecular formula is C14H9N5S. The van der Waals surface area contributed by atoms with E-state index in [9.17, 15) is 0 Å². The van der Waals surface area contributed by atoms with Gasteiger partial charge >= 0.3 is 0 Å². The summed E-state index contributed by atoms with van der Waals surface area (Å²) in [6, 6.07) is 11.1. The molecule has 0 atom stereocenters. The van der Waals surface area contributed by atoms with E-state index in [1.165, 1.54) is 0 Å². The highest BCUT2D eigenvalue weighted by molar-refractivity contribution is 7.71. The van der Waals surface area contributed by atoms with Crippen LogP contribution in [-0.4, -0.2) is 19.7 Å². The van der Waals surface area contributed by atoms with Gasteiger partial charge in [0.05, 0.1) is 0 Å². The van der Waals surface area contributed by atoms with Gasteiger partial charge in [-0.05, 0) is 24.3 Å². The molecule has 1 N–H and O–H groups in total. The standard InChI is InChI=1S/C14H9N5S/c15-7-11-5-4-10(8-17-11)12-9-18-19(14(12)20)13-3-1-2-6-16-13/h1-6,8-9,18H. The number of aromatic amines is 1. The number of nitrogens with zero attached hydrogens (tertiary/aromatic N) is 4. The van der Waals surface area contributed by atoms with Crippen molar-refractivity contribution in [3.05, 3.63) is 59.3 Å². The molecule has 0 spiro atoms. The molecule has 0 aliphatic carbocycles. The van der Waals surface area contributed by atoms with E-state index in [-0.39, 0.29) is 0 Å². The molecule has 0 aliphatic heterocycles. The van der Waals surface area contributed by atoms with Crippen LogP contribution in [0.4, 0.5) is 0 Å². The minimum Gasteiger partial charge on any atom is -0.298 e. The smallest absolute Gasteiger partial charge is 0.152 e. The predicted molar refractivity (Wildman–Crippen MR) is 76.7 cm³/mol. The van der Waals surface area contributed by atoms with Crippen molar-refractivity contribution >= 4 is 12.2 Å². The zero-order chi connectivity index (χ0) is 13.9. The Kier molecular flexibility index (Phi) is 3.11. The molecule has 3 heterocycles. The first-order valence-electron chi connectivity index (χ1n) is 5.88. The third-order valence-corrected chi connectivity index (χ3v) is 3.24. The minimum atomic E-state index is 0.382. The SMILES string of the molecule is N#Cc1ccc(-c2c[nH]n(-c3ccccn3)c2=S)cn1. The maximum Gasteiger partial charge on any atom is 0.152 e. The Balaban J connectivity index is 2.07. The van der Waals surface area contributed by atoms with E-state index in [0.717, 1.165) is 16.9 Å². The first kappa shape index (κ1) is 12.3. The quantitative estimate of drug-likeness (QED) is 0.732. The number of pyridine rings is 2. The number of hydrogen-bond acceptors (Lipinski definition) is 4. The topological polar surface area (TPSA) is 70.3 Å². The Morgan fingerprint density at radius 1 is 1.20 bits per heavy atom. The molecule has 0 aliphatic rings. The summed E-state index contributed by atoms with van der Waals surface area (Å²) in [7, 11) is 0. The molecule has 0 saturated carbocycles. The van der Waals surface area contributed by atoms with Gasteiger partial charge in [0.15, 0.2) is 5.82 Å². The van der Waals surface area contributed by atoms with Crippen LogP contribution in [0.1, 0.15) is 5.69 Å². The van der Waals surface area contributed by atoms with Gasteiger partial charge in [-0.3, -0.25) is 5.10 Å². The fourth-order valence-corrected chi connectivity index (χ4v) is 2.18. The first-order chi connectivity index (χ1) is 9.79. The lowest BCUT2D eigenvalue weighted by Gasteiger charge is -2.00. The van der Waals surface area contributed by atoms with Gasteiger partial charge in [0.25, 0.3) is 0 Å². The van der Waals surface area contributed by atoms with Crippen molar-refractivity contribution < 1.29 is 0 Å². The number of nitrogens with one attached hydrogen (secondary N) is 1. The Labute approximate surface area is 120 Å². The van der Waals surface area contributed by atoms with Crippen molar-refractivity contribution in [1.29, 1.82) is 5.26 Å². The third kappa shape index (κ3) is 2.11. The van der Waals surface area contributed by atoms with Crippen LogP contribution < -0.4 is 0 Å². The van der Waals surface area contributed by atoms with Crippen LogP contribution in [0.3, 0.4) is 0 Å². The minimum absolute atomic E-state index is 0.382. The van der Waals surface area contributed by atoms with E-state index in [1.807, 2.05) is 30.3 Å². The van der Waals surface area contributed by atoms with E-state index >= 15 is 0 Å². The van der Waals surface area contributed by atoms with Crippen LogP contribution in [0.15, 0.2) is 48.9 Å². The average Bonchev–Trinajstić information content (AvgIpc) is 2.90. The van der Waals surface area contributed by atoms with Gasteiger partial charge in [-0.1, -0.05) is 18.3 Å². The molecule has 3 aromatic heterocycles. The van der Waals surface area contributed by atoms with Gasteiger partial charge < -0.3 is 0 Å². The maximum absolute atomic E-state index is 8.75. The number of H-pyrrole nitrogens is 1. The third-order valence-electron chi connectivity index (χ3n) is 2.84. The summed E-state index contributed by atoms with van der Waals surface area (Å²) >= 11 is 5.45. The monoisotopic (exact) mass is 279 g/mol. The molecule has 0 amide bonds. The molecular weight excluding hydrogens is 270 g/mol.